The van der Waals surface area contributed by atoms with Gasteiger partial charge in [0.1, 0.15) is 12.4 Å². The first-order valence-electron chi connectivity index (χ1n) is 7.01. The predicted molar refractivity (Wildman–Crippen MR) is 81.7 cm³/mol. The van der Waals surface area contributed by atoms with E-state index in [-0.39, 0.29) is 0 Å². The third-order valence-electron chi connectivity index (χ3n) is 3.11. The van der Waals surface area contributed by atoms with Crippen molar-refractivity contribution in [1.29, 1.82) is 0 Å². The Bertz CT molecular complexity index is 552. The quantitative estimate of drug-likeness (QED) is 0.872. The Morgan fingerprint density at radius 1 is 1.20 bits per heavy atom. The van der Waals surface area contributed by atoms with Crippen molar-refractivity contribution in [3.8, 4) is 5.75 Å². The molecule has 0 saturated carbocycles. The van der Waals surface area contributed by atoms with Crippen molar-refractivity contribution in [3.63, 3.8) is 0 Å². The minimum Gasteiger partial charge on any atom is -0.487 e. The monoisotopic (exact) mass is 270 g/mol. The molecule has 3 heteroatoms. The van der Waals surface area contributed by atoms with E-state index < -0.39 is 0 Å². The lowest BCUT2D eigenvalue weighted by atomic mass is 10.2. The number of aryl methyl sites for hydroxylation is 1. The van der Waals surface area contributed by atoms with Crippen LogP contribution in [0.1, 0.15) is 30.7 Å². The number of nitrogens with zero attached hydrogens (tertiary/aromatic N) is 1. The molecule has 0 aliphatic heterocycles. The van der Waals surface area contributed by atoms with Gasteiger partial charge in [-0.15, -0.1) is 0 Å². The van der Waals surface area contributed by atoms with Crippen molar-refractivity contribution >= 4 is 0 Å². The van der Waals surface area contributed by atoms with Crippen molar-refractivity contribution in [2.24, 2.45) is 0 Å². The molecule has 106 valence electrons. The fourth-order valence-electron chi connectivity index (χ4n) is 1.89. The largest absolute Gasteiger partial charge is 0.487 e. The second-order valence-corrected chi connectivity index (χ2v) is 5.24. The fraction of sp³-hybridized carbons (Fsp3) is 0.353. The molecule has 1 aromatic carbocycles. The van der Waals surface area contributed by atoms with Gasteiger partial charge in [-0.05, 0) is 36.2 Å². The topological polar surface area (TPSA) is 34.1 Å². The molecule has 0 aliphatic rings. The van der Waals surface area contributed by atoms with Crippen LogP contribution in [0, 0.1) is 6.92 Å². The lowest BCUT2D eigenvalue weighted by Crippen LogP contribution is -2.21. The molecule has 0 aliphatic carbocycles. The summed E-state index contributed by atoms with van der Waals surface area (Å²) in [6.07, 6.45) is 1.80. The molecule has 0 bridgehead atoms. The van der Waals surface area contributed by atoms with Crippen LogP contribution in [0.5, 0.6) is 5.75 Å². The van der Waals surface area contributed by atoms with Gasteiger partial charge in [-0.2, -0.15) is 0 Å². The van der Waals surface area contributed by atoms with Crippen LogP contribution in [0.4, 0.5) is 0 Å². The summed E-state index contributed by atoms with van der Waals surface area (Å²) in [6.45, 7) is 7.70. The van der Waals surface area contributed by atoms with Crippen molar-refractivity contribution in [2.75, 3.05) is 0 Å². The van der Waals surface area contributed by atoms with E-state index in [0.717, 1.165) is 23.6 Å². The van der Waals surface area contributed by atoms with E-state index in [1.54, 1.807) is 6.20 Å². The van der Waals surface area contributed by atoms with E-state index in [4.69, 9.17) is 4.74 Å². The second kappa shape index (κ2) is 7.06. The van der Waals surface area contributed by atoms with Crippen LogP contribution in [0.3, 0.4) is 0 Å². The van der Waals surface area contributed by atoms with Crippen molar-refractivity contribution < 1.29 is 4.74 Å². The lowest BCUT2D eigenvalue weighted by Gasteiger charge is -2.11. The van der Waals surface area contributed by atoms with Gasteiger partial charge < -0.3 is 10.1 Å². The van der Waals surface area contributed by atoms with Gasteiger partial charge in [0.2, 0.25) is 0 Å². The number of benzene rings is 1. The normalized spacial score (nSPS) is 10.8. The van der Waals surface area contributed by atoms with Crippen LogP contribution in [0.15, 0.2) is 42.6 Å². The standard InChI is InChI=1S/C17H22N2O/c1-13(2)19-11-15-7-4-8-16(10-15)20-12-17-14(3)6-5-9-18-17/h4-10,13,19H,11-12H2,1-3H3. The van der Waals surface area contributed by atoms with Crippen LogP contribution in [0.2, 0.25) is 0 Å². The maximum atomic E-state index is 5.83. The fourth-order valence-corrected chi connectivity index (χ4v) is 1.89. The van der Waals surface area contributed by atoms with E-state index in [0.29, 0.717) is 12.6 Å². The highest BCUT2D eigenvalue weighted by molar-refractivity contribution is 5.29. The van der Waals surface area contributed by atoms with E-state index in [1.807, 2.05) is 18.2 Å². The van der Waals surface area contributed by atoms with Crippen LogP contribution in [-0.2, 0) is 13.2 Å². The first-order chi connectivity index (χ1) is 9.65. The van der Waals surface area contributed by atoms with Gasteiger partial charge >= 0.3 is 0 Å². The first kappa shape index (κ1) is 14.5. The maximum absolute atomic E-state index is 5.83. The summed E-state index contributed by atoms with van der Waals surface area (Å²) >= 11 is 0. The lowest BCUT2D eigenvalue weighted by molar-refractivity contribution is 0.300. The summed E-state index contributed by atoms with van der Waals surface area (Å²) in [5.74, 6) is 0.887. The SMILES string of the molecule is Cc1cccnc1COc1cccc(CNC(C)C)c1. The highest BCUT2D eigenvalue weighted by Crippen LogP contribution is 2.15. The minimum absolute atomic E-state index is 0.482. The van der Waals surface area contributed by atoms with Crippen LogP contribution in [-0.4, -0.2) is 11.0 Å². The Labute approximate surface area is 121 Å². The molecule has 0 radical (unpaired) electrons. The van der Waals surface area contributed by atoms with Crippen LogP contribution in [0.25, 0.3) is 0 Å². The Balaban J connectivity index is 1.96. The zero-order valence-corrected chi connectivity index (χ0v) is 12.4. The number of hydrogen-bond donors (Lipinski definition) is 1. The summed E-state index contributed by atoms with van der Waals surface area (Å²) in [6, 6.07) is 12.7. The molecule has 2 rings (SSSR count). The molecule has 0 saturated heterocycles. The summed E-state index contributed by atoms with van der Waals surface area (Å²) in [4.78, 5) is 4.34. The zero-order valence-electron chi connectivity index (χ0n) is 12.4. The predicted octanol–water partition coefficient (Wildman–Crippen LogP) is 3.47. The summed E-state index contributed by atoms with van der Waals surface area (Å²) in [5, 5.41) is 3.40. The van der Waals surface area contributed by atoms with E-state index in [1.165, 1.54) is 5.56 Å². The van der Waals surface area contributed by atoms with Crippen LogP contribution >= 0.6 is 0 Å². The molecule has 0 spiro atoms. The number of aromatic nitrogens is 1. The molecule has 20 heavy (non-hydrogen) atoms. The Kier molecular flexibility index (Phi) is 5.13. The van der Waals surface area contributed by atoms with E-state index in [2.05, 4.69) is 49.3 Å². The Morgan fingerprint density at radius 2 is 2.05 bits per heavy atom. The number of hydrogen-bond acceptors (Lipinski definition) is 3. The molecule has 3 nitrogen and oxygen atoms in total. The number of pyridine rings is 1. The molecular weight excluding hydrogens is 248 g/mol. The Hall–Kier alpha value is -1.87. The number of rotatable bonds is 6. The van der Waals surface area contributed by atoms with Crippen molar-refractivity contribution in [2.45, 2.75) is 40.0 Å². The van der Waals surface area contributed by atoms with E-state index >= 15 is 0 Å². The summed E-state index contributed by atoms with van der Waals surface area (Å²) in [5.41, 5.74) is 3.37. The van der Waals surface area contributed by atoms with Crippen molar-refractivity contribution in [1.82, 2.24) is 10.3 Å². The number of nitrogens with one attached hydrogen (secondary N) is 1. The molecule has 0 fully saturated rings. The molecule has 0 atom stereocenters. The smallest absolute Gasteiger partial charge is 0.130 e. The second-order valence-electron chi connectivity index (χ2n) is 5.24. The molecule has 1 N–H and O–H groups in total. The van der Waals surface area contributed by atoms with E-state index in [9.17, 15) is 0 Å². The highest BCUT2D eigenvalue weighted by Gasteiger charge is 2.02. The van der Waals surface area contributed by atoms with Crippen LogP contribution < -0.4 is 10.1 Å². The summed E-state index contributed by atoms with van der Waals surface area (Å²) < 4.78 is 5.83. The van der Waals surface area contributed by atoms with Crippen molar-refractivity contribution in [3.05, 3.63) is 59.4 Å². The average Bonchev–Trinajstić information content (AvgIpc) is 2.45. The van der Waals surface area contributed by atoms with Gasteiger partial charge in [0, 0.05) is 18.8 Å². The Morgan fingerprint density at radius 3 is 2.80 bits per heavy atom. The van der Waals surface area contributed by atoms with Gasteiger partial charge in [-0.3, -0.25) is 4.98 Å². The molecule has 1 heterocycles. The van der Waals surface area contributed by atoms with Gasteiger partial charge in [0.25, 0.3) is 0 Å². The van der Waals surface area contributed by atoms with Gasteiger partial charge in [0.15, 0.2) is 0 Å². The zero-order chi connectivity index (χ0) is 14.4. The third kappa shape index (κ3) is 4.35. The molecule has 0 amide bonds. The van der Waals surface area contributed by atoms with Gasteiger partial charge in [-0.25, -0.2) is 0 Å². The first-order valence-corrected chi connectivity index (χ1v) is 7.01. The maximum Gasteiger partial charge on any atom is 0.130 e. The minimum atomic E-state index is 0.482. The highest BCUT2D eigenvalue weighted by atomic mass is 16.5. The van der Waals surface area contributed by atoms with Gasteiger partial charge in [-0.1, -0.05) is 32.0 Å². The molecule has 2 aromatic rings. The summed E-state index contributed by atoms with van der Waals surface area (Å²) in [7, 11) is 0. The average molecular weight is 270 g/mol. The number of ether oxygens (including phenoxy) is 1. The molecular formula is C17H22N2O. The molecule has 1 aromatic heterocycles. The van der Waals surface area contributed by atoms with Gasteiger partial charge in [0.05, 0.1) is 5.69 Å². The molecule has 0 unspecified atom stereocenters. The third-order valence-corrected chi connectivity index (χ3v) is 3.11.